The number of benzene rings is 4. The molecule has 0 saturated carbocycles. The Labute approximate surface area is 189 Å². The summed E-state index contributed by atoms with van der Waals surface area (Å²) in [6.07, 6.45) is 1.02. The van der Waals surface area contributed by atoms with E-state index in [2.05, 4.69) is 100 Å². The monoisotopic (exact) mass is 416 g/mol. The first-order valence-electron chi connectivity index (χ1n) is 11.7. The molecule has 1 aliphatic rings. The third-order valence-electron chi connectivity index (χ3n) is 7.06. The Morgan fingerprint density at radius 3 is 2.19 bits per heavy atom. The van der Waals surface area contributed by atoms with Crippen molar-refractivity contribution in [3.63, 3.8) is 0 Å². The lowest BCUT2D eigenvalue weighted by molar-refractivity contribution is 0.669. The molecule has 1 aromatic heterocycles. The van der Waals surface area contributed by atoms with Crippen LogP contribution in [0.25, 0.3) is 44.2 Å². The van der Waals surface area contributed by atoms with E-state index in [0.29, 0.717) is 11.8 Å². The van der Waals surface area contributed by atoms with Crippen molar-refractivity contribution in [1.82, 2.24) is 0 Å². The number of furan rings is 1. The summed E-state index contributed by atoms with van der Waals surface area (Å²) >= 11 is 0. The number of rotatable bonds is 3. The normalized spacial score (nSPS) is 12.8. The number of fused-ring (bicyclic) bond motifs is 6. The lowest BCUT2D eigenvalue weighted by Gasteiger charge is -2.12. The van der Waals surface area contributed by atoms with Gasteiger partial charge in [-0.2, -0.15) is 0 Å². The average Bonchev–Trinajstić information content (AvgIpc) is 3.35. The van der Waals surface area contributed by atoms with Crippen molar-refractivity contribution in [2.45, 2.75) is 46.0 Å². The first-order chi connectivity index (χ1) is 15.5. The van der Waals surface area contributed by atoms with Gasteiger partial charge in [-0.05, 0) is 87.5 Å². The highest BCUT2D eigenvalue weighted by molar-refractivity contribution is 6.10. The summed E-state index contributed by atoms with van der Waals surface area (Å²) in [6, 6.07) is 27.1. The van der Waals surface area contributed by atoms with Crippen LogP contribution in [0.2, 0.25) is 0 Å². The topological polar surface area (TPSA) is 13.1 Å². The van der Waals surface area contributed by atoms with Gasteiger partial charge in [0.05, 0.1) is 0 Å². The zero-order chi connectivity index (χ0) is 22.0. The van der Waals surface area contributed by atoms with Crippen molar-refractivity contribution < 1.29 is 4.42 Å². The lowest BCUT2D eigenvalue weighted by Crippen LogP contribution is -1.90. The van der Waals surface area contributed by atoms with Gasteiger partial charge in [-0.15, -0.1) is 0 Å². The predicted octanol–water partition coefficient (Wildman–Crippen LogP) is 9.07. The van der Waals surface area contributed by atoms with Crippen molar-refractivity contribution in [2.75, 3.05) is 0 Å². The Bertz CT molecular complexity index is 1500. The standard InChI is InChI=1S/C31H28O/c1-18(2)20-11-12-30-28(14-20)29-17-24(19(3)4)16-27(31(29)32-30)23-10-9-22-13-21-7-5-6-8-25(21)26(22)15-23/h5-12,14-19H,13H2,1-4H3. The van der Waals surface area contributed by atoms with Gasteiger partial charge >= 0.3 is 0 Å². The highest BCUT2D eigenvalue weighted by Gasteiger charge is 2.21. The molecule has 0 aliphatic heterocycles. The minimum atomic E-state index is 0.450. The molecule has 1 nitrogen and oxygen atoms in total. The molecule has 4 aromatic carbocycles. The SMILES string of the molecule is CC(C)c1ccc2oc3c(-c4ccc5c(c4)-c4ccccc4C5)cc(C(C)C)cc3c2c1. The second-order valence-corrected chi connectivity index (χ2v) is 9.82. The Hall–Kier alpha value is -3.32. The first-order valence-corrected chi connectivity index (χ1v) is 11.7. The maximum absolute atomic E-state index is 6.50. The van der Waals surface area contributed by atoms with Crippen LogP contribution in [0.3, 0.4) is 0 Å². The maximum Gasteiger partial charge on any atom is 0.143 e. The quantitative estimate of drug-likeness (QED) is 0.280. The second-order valence-electron chi connectivity index (χ2n) is 9.82. The average molecular weight is 417 g/mol. The van der Waals surface area contributed by atoms with E-state index in [1.54, 1.807) is 0 Å². The van der Waals surface area contributed by atoms with Crippen molar-refractivity contribution >= 4 is 21.9 Å². The molecule has 1 aliphatic carbocycles. The molecular formula is C31H28O. The molecule has 0 amide bonds. The van der Waals surface area contributed by atoms with Crippen LogP contribution in [0.15, 0.2) is 77.2 Å². The summed E-state index contributed by atoms with van der Waals surface area (Å²) < 4.78 is 6.50. The third-order valence-corrected chi connectivity index (χ3v) is 7.06. The summed E-state index contributed by atoms with van der Waals surface area (Å²) in [6.45, 7) is 9.03. The summed E-state index contributed by atoms with van der Waals surface area (Å²) in [4.78, 5) is 0. The van der Waals surface area contributed by atoms with Crippen LogP contribution in [0.1, 0.15) is 61.8 Å². The Morgan fingerprint density at radius 2 is 1.38 bits per heavy atom. The van der Waals surface area contributed by atoms with Gasteiger partial charge in [0.25, 0.3) is 0 Å². The molecular weight excluding hydrogens is 388 g/mol. The maximum atomic E-state index is 6.50. The molecule has 158 valence electrons. The number of hydrogen-bond acceptors (Lipinski definition) is 1. The molecule has 0 spiro atoms. The van der Waals surface area contributed by atoms with Crippen LogP contribution in [0.5, 0.6) is 0 Å². The van der Waals surface area contributed by atoms with Crippen LogP contribution in [0.4, 0.5) is 0 Å². The molecule has 1 heterocycles. The van der Waals surface area contributed by atoms with Gasteiger partial charge in [0, 0.05) is 16.3 Å². The minimum absolute atomic E-state index is 0.450. The van der Waals surface area contributed by atoms with Gasteiger partial charge in [-0.25, -0.2) is 0 Å². The van der Waals surface area contributed by atoms with Gasteiger partial charge in [0.15, 0.2) is 0 Å². The number of hydrogen-bond donors (Lipinski definition) is 0. The first kappa shape index (κ1) is 19.4. The van der Waals surface area contributed by atoms with Crippen molar-refractivity contribution in [3.8, 4) is 22.3 Å². The molecule has 32 heavy (non-hydrogen) atoms. The highest BCUT2D eigenvalue weighted by atomic mass is 16.3. The molecule has 0 radical (unpaired) electrons. The summed E-state index contributed by atoms with van der Waals surface area (Å²) in [5.41, 5.74) is 12.7. The molecule has 1 heteroatoms. The fourth-order valence-corrected chi connectivity index (χ4v) is 5.12. The highest BCUT2D eigenvalue weighted by Crippen LogP contribution is 2.43. The van der Waals surface area contributed by atoms with Gasteiger partial charge in [0.1, 0.15) is 11.2 Å². The van der Waals surface area contributed by atoms with E-state index < -0.39 is 0 Å². The van der Waals surface area contributed by atoms with Crippen LogP contribution in [0, 0.1) is 0 Å². The van der Waals surface area contributed by atoms with E-state index in [-0.39, 0.29) is 0 Å². The van der Waals surface area contributed by atoms with Crippen LogP contribution < -0.4 is 0 Å². The molecule has 0 unspecified atom stereocenters. The molecule has 0 bridgehead atoms. The fourth-order valence-electron chi connectivity index (χ4n) is 5.12. The Kier molecular flexibility index (Phi) is 4.30. The van der Waals surface area contributed by atoms with Gasteiger partial charge in [0.2, 0.25) is 0 Å². The van der Waals surface area contributed by atoms with E-state index >= 15 is 0 Å². The van der Waals surface area contributed by atoms with Crippen LogP contribution >= 0.6 is 0 Å². The molecule has 0 N–H and O–H groups in total. The Morgan fingerprint density at radius 1 is 0.625 bits per heavy atom. The molecule has 5 aromatic rings. The van der Waals surface area contributed by atoms with E-state index in [9.17, 15) is 0 Å². The Balaban J connectivity index is 1.62. The van der Waals surface area contributed by atoms with Crippen molar-refractivity contribution in [2.24, 2.45) is 0 Å². The fraction of sp³-hybridized carbons (Fsp3) is 0.226. The summed E-state index contributed by atoms with van der Waals surface area (Å²) in [7, 11) is 0. The molecule has 0 atom stereocenters. The van der Waals surface area contributed by atoms with Crippen molar-refractivity contribution in [3.05, 3.63) is 95.1 Å². The zero-order valence-corrected chi connectivity index (χ0v) is 19.2. The van der Waals surface area contributed by atoms with E-state index in [4.69, 9.17) is 4.42 Å². The van der Waals surface area contributed by atoms with Crippen LogP contribution in [-0.2, 0) is 6.42 Å². The van der Waals surface area contributed by atoms with Gasteiger partial charge in [-0.3, -0.25) is 0 Å². The van der Waals surface area contributed by atoms with E-state index in [1.807, 2.05) is 0 Å². The molecule has 0 fully saturated rings. The molecule has 6 rings (SSSR count). The minimum Gasteiger partial charge on any atom is -0.455 e. The van der Waals surface area contributed by atoms with Crippen molar-refractivity contribution in [1.29, 1.82) is 0 Å². The predicted molar refractivity (Wildman–Crippen MR) is 136 cm³/mol. The van der Waals surface area contributed by atoms with E-state index in [1.165, 1.54) is 55.3 Å². The van der Waals surface area contributed by atoms with Gasteiger partial charge < -0.3 is 4.42 Å². The third kappa shape index (κ3) is 2.92. The van der Waals surface area contributed by atoms with Gasteiger partial charge in [-0.1, -0.05) is 70.2 Å². The largest absolute Gasteiger partial charge is 0.455 e. The lowest BCUT2D eigenvalue weighted by atomic mass is 9.92. The summed E-state index contributed by atoms with van der Waals surface area (Å²) in [5.74, 6) is 0.945. The van der Waals surface area contributed by atoms with E-state index in [0.717, 1.165) is 17.6 Å². The summed E-state index contributed by atoms with van der Waals surface area (Å²) in [5, 5.41) is 2.45. The zero-order valence-electron chi connectivity index (χ0n) is 19.2. The second kappa shape index (κ2) is 7.10. The smallest absolute Gasteiger partial charge is 0.143 e. The van der Waals surface area contributed by atoms with Crippen LogP contribution in [-0.4, -0.2) is 0 Å². The molecule has 0 saturated heterocycles.